The second-order valence-corrected chi connectivity index (χ2v) is 6.19. The topological polar surface area (TPSA) is 78.9 Å². The predicted molar refractivity (Wildman–Crippen MR) is 90.1 cm³/mol. The van der Waals surface area contributed by atoms with Crippen LogP contribution in [0, 0.1) is 6.92 Å². The fourth-order valence-electron chi connectivity index (χ4n) is 2.65. The third kappa shape index (κ3) is 3.11. The predicted octanol–water partition coefficient (Wildman–Crippen LogP) is 2.99. The highest BCUT2D eigenvalue weighted by Gasteiger charge is 2.22. The summed E-state index contributed by atoms with van der Waals surface area (Å²) in [4.78, 5) is 20.3. The lowest BCUT2D eigenvalue weighted by Gasteiger charge is -2.18. The molecule has 0 spiro atoms. The minimum absolute atomic E-state index is 0.0839. The van der Waals surface area contributed by atoms with E-state index in [0.29, 0.717) is 18.4 Å². The van der Waals surface area contributed by atoms with E-state index in [2.05, 4.69) is 32.0 Å². The van der Waals surface area contributed by atoms with Crippen LogP contribution < -0.4 is 16.0 Å². The molecule has 1 saturated carbocycles. The fourth-order valence-corrected chi connectivity index (χ4v) is 2.65. The van der Waals surface area contributed by atoms with E-state index in [1.54, 1.807) is 0 Å². The number of hydrogen-bond acceptors (Lipinski definition) is 5. The quantitative estimate of drug-likeness (QED) is 0.809. The highest BCUT2D eigenvalue weighted by Crippen LogP contribution is 2.28. The molecule has 6 nitrogen and oxygen atoms in total. The van der Waals surface area contributed by atoms with Crippen LogP contribution >= 0.6 is 0 Å². The summed E-state index contributed by atoms with van der Waals surface area (Å²) in [6.07, 6.45) is 5.53. The smallest absolute Gasteiger partial charge is 0.224 e. The summed E-state index contributed by atoms with van der Waals surface area (Å²) in [5.41, 5.74) is 4.02. The Morgan fingerprint density at radius 3 is 2.96 bits per heavy atom. The molecule has 1 aromatic heterocycles. The van der Waals surface area contributed by atoms with Crippen molar-refractivity contribution in [1.82, 2.24) is 9.97 Å². The van der Waals surface area contributed by atoms with Gasteiger partial charge in [-0.15, -0.1) is 0 Å². The van der Waals surface area contributed by atoms with E-state index < -0.39 is 0 Å². The Hall–Kier alpha value is -2.63. The Labute approximate surface area is 134 Å². The van der Waals surface area contributed by atoms with Crippen molar-refractivity contribution < 1.29 is 4.79 Å². The first kappa shape index (κ1) is 14.0. The minimum Gasteiger partial charge on any atom is -0.351 e. The van der Waals surface area contributed by atoms with Gasteiger partial charge in [0.15, 0.2) is 0 Å². The molecule has 2 aromatic rings. The van der Waals surface area contributed by atoms with Gasteiger partial charge >= 0.3 is 0 Å². The third-order valence-corrected chi connectivity index (χ3v) is 4.15. The molecule has 3 N–H and O–H groups in total. The first-order valence-electron chi connectivity index (χ1n) is 7.97. The molecule has 1 amide bonds. The average Bonchev–Trinajstić information content (AvgIpc) is 3.35. The number of anilines is 4. The van der Waals surface area contributed by atoms with E-state index in [9.17, 15) is 4.79 Å². The largest absolute Gasteiger partial charge is 0.351 e. The molecule has 118 valence electrons. The number of aryl methyl sites for hydroxylation is 2. The van der Waals surface area contributed by atoms with Crippen LogP contribution in [-0.2, 0) is 11.2 Å². The van der Waals surface area contributed by atoms with Crippen LogP contribution in [0.25, 0.3) is 0 Å². The number of hydrogen-bond donors (Lipinski definition) is 3. The number of benzene rings is 1. The number of nitrogens with one attached hydrogen (secondary N) is 3. The van der Waals surface area contributed by atoms with Gasteiger partial charge in [0.25, 0.3) is 0 Å². The summed E-state index contributed by atoms with van der Waals surface area (Å²) in [5.74, 6) is 1.56. The maximum Gasteiger partial charge on any atom is 0.224 e. The molecular weight excluding hydrogens is 290 g/mol. The molecule has 0 unspecified atom stereocenters. The monoisotopic (exact) mass is 309 g/mol. The van der Waals surface area contributed by atoms with E-state index in [1.165, 1.54) is 12.8 Å². The maximum atomic E-state index is 11.4. The molecule has 2 heterocycles. The van der Waals surface area contributed by atoms with Crippen LogP contribution in [-0.4, -0.2) is 21.9 Å². The Kier molecular flexibility index (Phi) is 3.37. The summed E-state index contributed by atoms with van der Waals surface area (Å²) in [5, 5.41) is 9.58. The summed E-state index contributed by atoms with van der Waals surface area (Å²) < 4.78 is 0. The second kappa shape index (κ2) is 5.53. The Morgan fingerprint density at radius 1 is 1.26 bits per heavy atom. The molecule has 2 aliphatic rings. The average molecular weight is 309 g/mol. The molecule has 1 aromatic carbocycles. The number of carbonyl (C=O) groups is 1. The van der Waals surface area contributed by atoms with E-state index >= 15 is 0 Å². The summed E-state index contributed by atoms with van der Waals surface area (Å²) in [6, 6.07) is 6.50. The van der Waals surface area contributed by atoms with Gasteiger partial charge in [0, 0.05) is 35.6 Å². The number of aromatic nitrogens is 2. The molecule has 0 atom stereocenters. The molecule has 4 rings (SSSR count). The Morgan fingerprint density at radius 2 is 2.13 bits per heavy atom. The molecule has 1 aliphatic heterocycles. The minimum atomic E-state index is 0.0839. The molecule has 1 aliphatic carbocycles. The lowest BCUT2D eigenvalue weighted by Crippen LogP contribution is -2.18. The number of carbonyl (C=O) groups excluding carboxylic acids is 1. The van der Waals surface area contributed by atoms with Gasteiger partial charge in [0.1, 0.15) is 5.82 Å². The van der Waals surface area contributed by atoms with Gasteiger partial charge in [-0.1, -0.05) is 0 Å². The molecule has 0 saturated heterocycles. The van der Waals surface area contributed by atoms with E-state index in [-0.39, 0.29) is 5.91 Å². The van der Waals surface area contributed by atoms with Crippen molar-refractivity contribution in [3.05, 3.63) is 35.5 Å². The van der Waals surface area contributed by atoms with Crippen molar-refractivity contribution in [2.24, 2.45) is 0 Å². The van der Waals surface area contributed by atoms with Crippen LogP contribution in [0.15, 0.2) is 24.4 Å². The SMILES string of the molecule is Cc1cnc(NC2CC2)nc1Nc1ccc2c(c1)CCC(=O)N2. The van der Waals surface area contributed by atoms with Gasteiger partial charge in [-0.05, 0) is 49.9 Å². The molecule has 0 radical (unpaired) electrons. The molecule has 0 bridgehead atoms. The third-order valence-electron chi connectivity index (χ3n) is 4.15. The van der Waals surface area contributed by atoms with Gasteiger partial charge < -0.3 is 16.0 Å². The van der Waals surface area contributed by atoms with Crippen LogP contribution in [0.3, 0.4) is 0 Å². The lowest BCUT2D eigenvalue weighted by atomic mass is 10.0. The number of amides is 1. The number of rotatable bonds is 4. The van der Waals surface area contributed by atoms with Crippen molar-refractivity contribution >= 4 is 29.0 Å². The van der Waals surface area contributed by atoms with Crippen LogP contribution in [0.4, 0.5) is 23.1 Å². The van der Waals surface area contributed by atoms with E-state index in [4.69, 9.17) is 0 Å². The first-order valence-corrected chi connectivity index (χ1v) is 7.97. The van der Waals surface area contributed by atoms with Crippen LogP contribution in [0.2, 0.25) is 0 Å². The second-order valence-electron chi connectivity index (χ2n) is 6.19. The molecular formula is C17H19N5O. The van der Waals surface area contributed by atoms with Crippen molar-refractivity contribution in [2.75, 3.05) is 16.0 Å². The van der Waals surface area contributed by atoms with Crippen molar-refractivity contribution in [3.63, 3.8) is 0 Å². The van der Waals surface area contributed by atoms with Gasteiger partial charge in [0.2, 0.25) is 11.9 Å². The summed E-state index contributed by atoms with van der Waals surface area (Å²) in [6.45, 7) is 1.99. The first-order chi connectivity index (χ1) is 11.2. The summed E-state index contributed by atoms with van der Waals surface area (Å²) in [7, 11) is 0. The van der Waals surface area contributed by atoms with Crippen molar-refractivity contribution in [2.45, 2.75) is 38.6 Å². The molecule has 6 heteroatoms. The fraction of sp³-hybridized carbons (Fsp3) is 0.353. The van der Waals surface area contributed by atoms with Crippen molar-refractivity contribution in [1.29, 1.82) is 0 Å². The van der Waals surface area contributed by atoms with Crippen LogP contribution in [0.5, 0.6) is 0 Å². The van der Waals surface area contributed by atoms with Gasteiger partial charge in [-0.25, -0.2) is 4.98 Å². The molecule has 1 fully saturated rings. The normalized spacial score (nSPS) is 16.5. The van der Waals surface area contributed by atoms with Gasteiger partial charge in [-0.2, -0.15) is 4.98 Å². The zero-order valence-electron chi connectivity index (χ0n) is 13.0. The van der Waals surface area contributed by atoms with E-state index in [0.717, 1.165) is 34.7 Å². The molecule has 23 heavy (non-hydrogen) atoms. The van der Waals surface area contributed by atoms with E-state index in [1.807, 2.05) is 25.3 Å². The lowest BCUT2D eigenvalue weighted by molar-refractivity contribution is -0.116. The van der Waals surface area contributed by atoms with Crippen molar-refractivity contribution in [3.8, 4) is 0 Å². The standard InChI is InChI=1S/C17H19N5O/c1-10-9-18-17(20-12-3-4-12)22-16(10)19-13-5-6-14-11(8-13)2-7-15(23)21-14/h5-6,8-9,12H,2-4,7H2,1H3,(H,21,23)(H2,18,19,20,22). The van der Waals surface area contributed by atoms with Gasteiger partial charge in [0.05, 0.1) is 0 Å². The Balaban J connectivity index is 1.56. The Bertz CT molecular complexity index is 770. The number of fused-ring (bicyclic) bond motifs is 1. The zero-order chi connectivity index (χ0) is 15.8. The van der Waals surface area contributed by atoms with Crippen LogP contribution in [0.1, 0.15) is 30.4 Å². The van der Waals surface area contributed by atoms with Gasteiger partial charge in [-0.3, -0.25) is 4.79 Å². The zero-order valence-corrected chi connectivity index (χ0v) is 13.0. The summed E-state index contributed by atoms with van der Waals surface area (Å²) >= 11 is 0. The highest BCUT2D eigenvalue weighted by atomic mass is 16.1. The number of nitrogens with zero attached hydrogens (tertiary/aromatic N) is 2. The maximum absolute atomic E-state index is 11.4. The highest BCUT2D eigenvalue weighted by molar-refractivity contribution is 5.94.